The fraction of sp³-hybridized carbons (Fsp3) is 0.667. The van der Waals surface area contributed by atoms with E-state index >= 15 is 0 Å². The van der Waals surface area contributed by atoms with E-state index in [9.17, 15) is 14.4 Å². The third-order valence-electron chi connectivity index (χ3n) is 3.40. The Kier molecular flexibility index (Phi) is 4.69. The van der Waals surface area contributed by atoms with Crippen molar-refractivity contribution in [2.75, 3.05) is 6.54 Å². The summed E-state index contributed by atoms with van der Waals surface area (Å²) in [5, 5.41) is 13.8. The number of amides is 3. The van der Waals surface area contributed by atoms with Gasteiger partial charge in [0, 0.05) is 0 Å². The first-order chi connectivity index (χ1) is 9.25. The van der Waals surface area contributed by atoms with Crippen molar-refractivity contribution in [3.8, 4) is 0 Å². The number of amidine groups is 1. The van der Waals surface area contributed by atoms with Gasteiger partial charge in [0.2, 0.25) is 11.8 Å². The van der Waals surface area contributed by atoms with Crippen LogP contribution in [0.2, 0.25) is 0 Å². The normalized spacial score (nSPS) is 20.6. The molecule has 20 heavy (non-hydrogen) atoms. The summed E-state index contributed by atoms with van der Waals surface area (Å²) in [4.78, 5) is 37.0. The highest BCUT2D eigenvalue weighted by Gasteiger charge is 2.45. The van der Waals surface area contributed by atoms with Crippen LogP contribution in [-0.4, -0.2) is 45.7 Å². The molecular formula is C12H20N4O4. The molecule has 0 aromatic rings. The molecule has 0 bridgehead atoms. The van der Waals surface area contributed by atoms with Crippen molar-refractivity contribution in [1.29, 1.82) is 0 Å². The van der Waals surface area contributed by atoms with Crippen molar-refractivity contribution >= 4 is 23.6 Å². The van der Waals surface area contributed by atoms with Gasteiger partial charge in [0.05, 0.1) is 5.92 Å². The quantitative estimate of drug-likeness (QED) is 0.209. The minimum atomic E-state index is -1.16. The minimum Gasteiger partial charge on any atom is -0.409 e. The first-order valence-electron chi connectivity index (χ1n) is 6.38. The van der Waals surface area contributed by atoms with Gasteiger partial charge in [-0.2, -0.15) is 0 Å². The zero-order valence-corrected chi connectivity index (χ0v) is 11.8. The molecule has 0 aromatic heterocycles. The molecule has 8 heteroatoms. The maximum atomic E-state index is 12.5. The van der Waals surface area contributed by atoms with Crippen LogP contribution in [0.5, 0.6) is 0 Å². The maximum Gasteiger partial charge on any atom is 0.252 e. The van der Waals surface area contributed by atoms with Crippen molar-refractivity contribution in [3.63, 3.8) is 0 Å². The molecular weight excluding hydrogens is 264 g/mol. The zero-order chi connectivity index (χ0) is 15.5. The lowest BCUT2D eigenvalue weighted by atomic mass is 9.93. The molecule has 0 spiro atoms. The summed E-state index contributed by atoms with van der Waals surface area (Å²) in [7, 11) is 0. The van der Waals surface area contributed by atoms with Gasteiger partial charge < -0.3 is 15.8 Å². The zero-order valence-electron chi connectivity index (χ0n) is 11.8. The van der Waals surface area contributed by atoms with Crippen LogP contribution in [0.25, 0.3) is 0 Å². The molecule has 1 saturated heterocycles. The highest BCUT2D eigenvalue weighted by Crippen LogP contribution is 2.22. The lowest BCUT2D eigenvalue weighted by Gasteiger charge is -2.41. The molecule has 3 amide bonds. The van der Waals surface area contributed by atoms with E-state index in [1.165, 1.54) is 4.90 Å². The third-order valence-corrected chi connectivity index (χ3v) is 3.40. The number of nitrogens with two attached hydrogens (primary N) is 1. The second-order valence-electron chi connectivity index (χ2n) is 5.23. The van der Waals surface area contributed by atoms with Crippen LogP contribution >= 0.6 is 0 Å². The first-order valence-corrected chi connectivity index (χ1v) is 6.38. The number of nitrogens with zero attached hydrogens (tertiary/aromatic N) is 2. The predicted molar refractivity (Wildman–Crippen MR) is 70.7 cm³/mol. The van der Waals surface area contributed by atoms with Crippen molar-refractivity contribution in [2.45, 2.75) is 39.2 Å². The number of carbonyl (C=O) groups is 3. The Morgan fingerprint density at radius 3 is 2.65 bits per heavy atom. The van der Waals surface area contributed by atoms with Gasteiger partial charge in [-0.1, -0.05) is 18.5 Å². The number of imide groups is 1. The molecule has 1 atom stereocenters. The number of carbonyl (C=O) groups excluding carboxylic acids is 3. The van der Waals surface area contributed by atoms with Crippen molar-refractivity contribution in [2.24, 2.45) is 16.8 Å². The molecule has 4 N–H and O–H groups in total. The highest BCUT2D eigenvalue weighted by molar-refractivity contribution is 6.09. The maximum absolute atomic E-state index is 12.5. The van der Waals surface area contributed by atoms with Crippen LogP contribution in [-0.2, 0) is 14.4 Å². The SMILES string of the molecule is CCCC(C(=O)N1CC(=O)NC(=O)C1(C)C)C(N)=NO. The van der Waals surface area contributed by atoms with Gasteiger partial charge in [-0.3, -0.25) is 19.7 Å². The van der Waals surface area contributed by atoms with Gasteiger partial charge in [-0.15, -0.1) is 0 Å². The molecule has 1 aliphatic heterocycles. The smallest absolute Gasteiger partial charge is 0.252 e. The summed E-state index contributed by atoms with van der Waals surface area (Å²) in [5.41, 5.74) is 4.38. The van der Waals surface area contributed by atoms with Crippen LogP contribution in [0.15, 0.2) is 5.16 Å². The van der Waals surface area contributed by atoms with E-state index in [1.807, 2.05) is 6.92 Å². The first kappa shape index (κ1) is 15.9. The summed E-state index contributed by atoms with van der Waals surface area (Å²) in [5.74, 6) is -2.64. The number of hydrogen-bond acceptors (Lipinski definition) is 5. The lowest BCUT2D eigenvalue weighted by molar-refractivity contribution is -0.156. The number of nitrogens with one attached hydrogen (secondary N) is 1. The second kappa shape index (κ2) is 5.89. The average molecular weight is 284 g/mol. The summed E-state index contributed by atoms with van der Waals surface area (Å²) in [6.45, 7) is 4.71. The molecule has 1 heterocycles. The van der Waals surface area contributed by atoms with E-state index < -0.39 is 29.2 Å². The monoisotopic (exact) mass is 284 g/mol. The molecule has 0 radical (unpaired) electrons. The van der Waals surface area contributed by atoms with Gasteiger partial charge in [0.25, 0.3) is 5.91 Å². The van der Waals surface area contributed by atoms with E-state index in [1.54, 1.807) is 13.8 Å². The van der Waals surface area contributed by atoms with E-state index in [0.717, 1.165) is 0 Å². The van der Waals surface area contributed by atoms with Crippen molar-refractivity contribution in [1.82, 2.24) is 10.2 Å². The number of rotatable bonds is 4. The van der Waals surface area contributed by atoms with Gasteiger partial charge in [0.15, 0.2) is 5.84 Å². The molecule has 1 unspecified atom stereocenters. The molecule has 0 aromatic carbocycles. The third kappa shape index (κ3) is 2.89. The number of hydrogen-bond donors (Lipinski definition) is 3. The molecule has 8 nitrogen and oxygen atoms in total. The summed E-state index contributed by atoms with van der Waals surface area (Å²) < 4.78 is 0. The number of piperazine rings is 1. The topological polar surface area (TPSA) is 125 Å². The van der Waals surface area contributed by atoms with Crippen LogP contribution in [0.3, 0.4) is 0 Å². The average Bonchev–Trinajstić information content (AvgIpc) is 2.39. The van der Waals surface area contributed by atoms with Gasteiger partial charge >= 0.3 is 0 Å². The molecule has 112 valence electrons. The molecule has 0 saturated carbocycles. The van der Waals surface area contributed by atoms with Gasteiger partial charge in [-0.05, 0) is 20.3 Å². The fourth-order valence-electron chi connectivity index (χ4n) is 2.08. The summed E-state index contributed by atoms with van der Waals surface area (Å²) in [6.07, 6.45) is 1.01. The second-order valence-corrected chi connectivity index (χ2v) is 5.23. The number of oxime groups is 1. The lowest BCUT2D eigenvalue weighted by Crippen LogP contribution is -2.66. The minimum absolute atomic E-state index is 0.217. The van der Waals surface area contributed by atoms with Crippen molar-refractivity contribution < 1.29 is 19.6 Å². The molecule has 1 fully saturated rings. The Morgan fingerprint density at radius 1 is 1.55 bits per heavy atom. The van der Waals surface area contributed by atoms with Gasteiger partial charge in [-0.25, -0.2) is 0 Å². The van der Waals surface area contributed by atoms with Crippen LogP contribution in [0.1, 0.15) is 33.6 Å². The summed E-state index contributed by atoms with van der Waals surface area (Å²) >= 11 is 0. The Bertz CT molecular complexity index is 458. The van der Waals surface area contributed by atoms with Crippen molar-refractivity contribution in [3.05, 3.63) is 0 Å². The molecule has 1 rings (SSSR count). The Balaban J connectivity index is 3.08. The highest BCUT2D eigenvalue weighted by atomic mass is 16.4. The predicted octanol–water partition coefficient (Wildman–Crippen LogP) is -0.587. The Morgan fingerprint density at radius 2 is 2.15 bits per heavy atom. The van der Waals surface area contributed by atoms with Crippen LogP contribution < -0.4 is 11.1 Å². The van der Waals surface area contributed by atoms with Crippen LogP contribution in [0, 0.1) is 5.92 Å². The van der Waals surface area contributed by atoms with E-state index in [4.69, 9.17) is 10.9 Å². The Hall–Kier alpha value is -2.12. The van der Waals surface area contributed by atoms with Crippen LogP contribution in [0.4, 0.5) is 0 Å². The van der Waals surface area contributed by atoms with Gasteiger partial charge in [0.1, 0.15) is 12.1 Å². The largest absolute Gasteiger partial charge is 0.409 e. The Labute approximate surface area is 117 Å². The standard InChI is InChI=1S/C12H20N4O4/c1-4-5-7(9(13)15-20)10(18)16-6-8(17)14-11(19)12(16,2)3/h7,20H,4-6H2,1-3H3,(H2,13,15)(H,14,17,19). The molecule has 1 aliphatic rings. The van der Waals surface area contributed by atoms with E-state index in [-0.39, 0.29) is 12.4 Å². The van der Waals surface area contributed by atoms with E-state index in [0.29, 0.717) is 12.8 Å². The summed E-state index contributed by atoms with van der Waals surface area (Å²) in [6, 6.07) is 0. The molecule has 0 aliphatic carbocycles. The van der Waals surface area contributed by atoms with E-state index in [2.05, 4.69) is 10.5 Å². The fourth-order valence-corrected chi connectivity index (χ4v) is 2.08.